The highest BCUT2D eigenvalue weighted by Crippen LogP contribution is 2.20. The fraction of sp³-hybridized carbons (Fsp3) is 0.391. The Morgan fingerprint density at radius 2 is 1.79 bits per heavy atom. The summed E-state index contributed by atoms with van der Waals surface area (Å²) in [5.74, 6) is 0.605. The van der Waals surface area contributed by atoms with E-state index in [1.54, 1.807) is 30.3 Å². The molecule has 8 nitrogen and oxygen atoms in total. The zero-order valence-electron chi connectivity index (χ0n) is 18.7. The lowest BCUT2D eigenvalue weighted by molar-refractivity contribution is 0.0730. The lowest BCUT2D eigenvalue weighted by Crippen LogP contribution is -2.40. The summed E-state index contributed by atoms with van der Waals surface area (Å²) in [6, 6.07) is 13.2. The Morgan fingerprint density at radius 3 is 2.45 bits per heavy atom. The number of nitrogens with zero attached hydrogens (tertiary/aromatic N) is 1. The second-order valence-corrected chi connectivity index (χ2v) is 10.3. The molecular weight excluding hydrogens is 462 g/mol. The number of sulfonamides is 1. The van der Waals surface area contributed by atoms with Gasteiger partial charge in [0.1, 0.15) is 5.75 Å². The van der Waals surface area contributed by atoms with Crippen LogP contribution in [0.5, 0.6) is 5.75 Å². The van der Waals surface area contributed by atoms with Crippen molar-refractivity contribution in [3.8, 4) is 5.75 Å². The fourth-order valence-corrected chi connectivity index (χ4v) is 4.78. The van der Waals surface area contributed by atoms with Crippen LogP contribution in [0.2, 0.25) is 0 Å². The maximum Gasteiger partial charge on any atom is 0.261 e. The number of para-hydroxylation sites is 1. The number of morpholine rings is 1. The van der Waals surface area contributed by atoms with Crippen LogP contribution >= 0.6 is 12.2 Å². The van der Waals surface area contributed by atoms with E-state index in [4.69, 9.17) is 21.7 Å². The van der Waals surface area contributed by atoms with Crippen molar-refractivity contribution in [1.82, 2.24) is 9.62 Å². The summed E-state index contributed by atoms with van der Waals surface area (Å²) < 4.78 is 37.8. The maximum atomic E-state index is 12.7. The van der Waals surface area contributed by atoms with E-state index in [0.717, 1.165) is 6.42 Å². The molecule has 0 unspecified atom stereocenters. The number of rotatable bonds is 8. The summed E-state index contributed by atoms with van der Waals surface area (Å²) >= 11 is 5.26. The van der Waals surface area contributed by atoms with Gasteiger partial charge in [0.15, 0.2) is 5.11 Å². The van der Waals surface area contributed by atoms with Gasteiger partial charge in [0.2, 0.25) is 10.0 Å². The van der Waals surface area contributed by atoms with Gasteiger partial charge in [0, 0.05) is 18.8 Å². The molecule has 178 valence electrons. The first-order chi connectivity index (χ1) is 15.8. The van der Waals surface area contributed by atoms with Crippen molar-refractivity contribution >= 4 is 38.9 Å². The number of thiocarbonyl (C=S) groups is 1. The number of amides is 1. The van der Waals surface area contributed by atoms with Crippen molar-refractivity contribution in [3.63, 3.8) is 0 Å². The molecule has 0 atom stereocenters. The minimum absolute atomic E-state index is 0.0979. The average molecular weight is 492 g/mol. The Balaban J connectivity index is 1.59. The van der Waals surface area contributed by atoms with Gasteiger partial charge < -0.3 is 14.8 Å². The zero-order chi connectivity index (χ0) is 23.8. The van der Waals surface area contributed by atoms with Gasteiger partial charge >= 0.3 is 0 Å². The molecule has 2 aromatic rings. The van der Waals surface area contributed by atoms with E-state index in [1.807, 2.05) is 6.07 Å². The number of carbonyl (C=O) groups excluding carboxylic acids is 1. The Kier molecular flexibility index (Phi) is 8.79. The van der Waals surface area contributed by atoms with Gasteiger partial charge in [-0.3, -0.25) is 10.1 Å². The lowest BCUT2D eigenvalue weighted by atomic mass is 10.1. The second kappa shape index (κ2) is 11.6. The normalized spacial score (nSPS) is 14.6. The molecule has 1 heterocycles. The van der Waals surface area contributed by atoms with Gasteiger partial charge in [-0.1, -0.05) is 26.0 Å². The molecule has 2 N–H and O–H groups in total. The summed E-state index contributed by atoms with van der Waals surface area (Å²) in [5, 5.41) is 5.65. The van der Waals surface area contributed by atoms with Crippen LogP contribution in [0.1, 0.15) is 30.6 Å². The maximum absolute atomic E-state index is 12.7. The predicted molar refractivity (Wildman–Crippen MR) is 131 cm³/mol. The van der Waals surface area contributed by atoms with Crippen molar-refractivity contribution in [2.45, 2.75) is 25.2 Å². The summed E-state index contributed by atoms with van der Waals surface area (Å²) in [4.78, 5) is 12.9. The quantitative estimate of drug-likeness (QED) is 0.547. The highest BCUT2D eigenvalue weighted by molar-refractivity contribution is 7.89. The number of hydrogen-bond donors (Lipinski definition) is 2. The molecule has 0 radical (unpaired) electrons. The lowest BCUT2D eigenvalue weighted by Gasteiger charge is -2.26. The van der Waals surface area contributed by atoms with E-state index in [9.17, 15) is 13.2 Å². The topological polar surface area (TPSA) is 97.0 Å². The monoisotopic (exact) mass is 491 g/mol. The summed E-state index contributed by atoms with van der Waals surface area (Å²) in [6.07, 6.45) is 0.882. The van der Waals surface area contributed by atoms with Crippen LogP contribution in [-0.4, -0.2) is 56.7 Å². The van der Waals surface area contributed by atoms with Crippen molar-refractivity contribution in [2.24, 2.45) is 5.92 Å². The second-order valence-electron chi connectivity index (χ2n) is 7.98. The third kappa shape index (κ3) is 6.97. The van der Waals surface area contributed by atoms with Crippen LogP contribution in [0.4, 0.5) is 5.69 Å². The molecule has 0 aromatic heterocycles. The number of ether oxygens (including phenoxy) is 2. The number of carbonyl (C=O) groups is 1. The molecule has 1 amide bonds. The number of nitrogens with one attached hydrogen (secondary N) is 2. The summed E-state index contributed by atoms with van der Waals surface area (Å²) in [5.41, 5.74) is 0.944. The average Bonchev–Trinajstić information content (AvgIpc) is 2.80. The smallest absolute Gasteiger partial charge is 0.261 e. The van der Waals surface area contributed by atoms with E-state index in [-0.39, 0.29) is 15.9 Å². The van der Waals surface area contributed by atoms with E-state index in [1.165, 1.54) is 16.4 Å². The Morgan fingerprint density at radius 1 is 1.12 bits per heavy atom. The molecule has 0 saturated carbocycles. The third-order valence-corrected chi connectivity index (χ3v) is 7.15. The van der Waals surface area contributed by atoms with E-state index in [0.29, 0.717) is 55.8 Å². The van der Waals surface area contributed by atoms with Crippen LogP contribution in [0.25, 0.3) is 0 Å². The van der Waals surface area contributed by atoms with Gasteiger partial charge in [-0.05, 0) is 61.0 Å². The molecular formula is C23H29N3O5S2. The largest absolute Gasteiger partial charge is 0.493 e. The van der Waals surface area contributed by atoms with Crippen LogP contribution in [0.15, 0.2) is 53.4 Å². The van der Waals surface area contributed by atoms with Crippen LogP contribution in [-0.2, 0) is 14.8 Å². The van der Waals surface area contributed by atoms with Gasteiger partial charge in [-0.15, -0.1) is 0 Å². The van der Waals surface area contributed by atoms with Crippen LogP contribution < -0.4 is 15.4 Å². The Labute approximate surface area is 200 Å². The summed E-state index contributed by atoms with van der Waals surface area (Å²) in [7, 11) is -3.57. The molecule has 2 aromatic carbocycles. The van der Waals surface area contributed by atoms with Crippen molar-refractivity contribution in [3.05, 3.63) is 54.1 Å². The Hall–Kier alpha value is -2.53. The van der Waals surface area contributed by atoms with E-state index < -0.39 is 10.0 Å². The highest BCUT2D eigenvalue weighted by atomic mass is 32.2. The molecule has 10 heteroatoms. The molecule has 0 spiro atoms. The fourth-order valence-electron chi connectivity index (χ4n) is 3.16. The summed E-state index contributed by atoms with van der Waals surface area (Å²) in [6.45, 7) is 6.18. The molecule has 1 saturated heterocycles. The van der Waals surface area contributed by atoms with Gasteiger partial charge in [0.05, 0.1) is 30.3 Å². The molecule has 3 rings (SSSR count). The van der Waals surface area contributed by atoms with E-state index >= 15 is 0 Å². The van der Waals surface area contributed by atoms with Crippen molar-refractivity contribution in [2.75, 3.05) is 38.2 Å². The molecule has 1 fully saturated rings. The van der Waals surface area contributed by atoms with Crippen LogP contribution in [0, 0.1) is 5.92 Å². The standard InChI is InChI=1S/C23H29N3O5S2/c1-17(2)11-14-31-21-6-4-3-5-20(21)22(27)25-23(32)24-18-7-9-19(10-8-18)33(28,29)26-12-15-30-16-13-26/h3-10,17H,11-16H2,1-2H3,(H2,24,25,27,32). The predicted octanol–water partition coefficient (Wildman–Crippen LogP) is 3.26. The number of benzene rings is 2. The van der Waals surface area contributed by atoms with Crippen molar-refractivity contribution < 1.29 is 22.7 Å². The molecule has 0 bridgehead atoms. The minimum atomic E-state index is -3.57. The first kappa shape index (κ1) is 25.1. The van der Waals surface area contributed by atoms with E-state index in [2.05, 4.69) is 24.5 Å². The van der Waals surface area contributed by atoms with Gasteiger partial charge in [-0.2, -0.15) is 4.31 Å². The molecule has 33 heavy (non-hydrogen) atoms. The zero-order valence-corrected chi connectivity index (χ0v) is 20.4. The first-order valence-corrected chi connectivity index (χ1v) is 12.6. The number of anilines is 1. The van der Waals surface area contributed by atoms with Crippen molar-refractivity contribution in [1.29, 1.82) is 0 Å². The van der Waals surface area contributed by atoms with Gasteiger partial charge in [0.25, 0.3) is 5.91 Å². The number of hydrogen-bond acceptors (Lipinski definition) is 6. The first-order valence-electron chi connectivity index (χ1n) is 10.8. The molecule has 1 aliphatic rings. The minimum Gasteiger partial charge on any atom is -0.493 e. The highest BCUT2D eigenvalue weighted by Gasteiger charge is 2.26. The molecule has 0 aliphatic carbocycles. The van der Waals surface area contributed by atoms with Crippen LogP contribution in [0.3, 0.4) is 0 Å². The molecule has 1 aliphatic heterocycles. The third-order valence-electron chi connectivity index (χ3n) is 5.03. The van der Waals surface area contributed by atoms with Gasteiger partial charge in [-0.25, -0.2) is 8.42 Å². The Bertz CT molecular complexity index is 1070. The SMILES string of the molecule is CC(C)CCOc1ccccc1C(=O)NC(=S)Nc1ccc(S(=O)(=O)N2CCOCC2)cc1.